The van der Waals surface area contributed by atoms with Crippen molar-refractivity contribution in [1.29, 1.82) is 0 Å². The van der Waals surface area contributed by atoms with Gasteiger partial charge in [0.1, 0.15) is 10.6 Å². The Morgan fingerprint density at radius 1 is 1.04 bits per heavy atom. The van der Waals surface area contributed by atoms with Crippen molar-refractivity contribution in [2.75, 3.05) is 19.5 Å². The van der Waals surface area contributed by atoms with E-state index in [2.05, 4.69) is 15.4 Å². The van der Waals surface area contributed by atoms with E-state index in [1.54, 1.807) is 18.2 Å². The zero-order chi connectivity index (χ0) is 20.3. The second-order valence-corrected chi connectivity index (χ2v) is 8.06. The van der Waals surface area contributed by atoms with E-state index in [4.69, 9.17) is 4.74 Å². The summed E-state index contributed by atoms with van der Waals surface area (Å²) in [5.74, 6) is -0.619. The molecule has 0 spiro atoms. The number of rotatable bonds is 7. The van der Waals surface area contributed by atoms with Crippen molar-refractivity contribution >= 4 is 27.5 Å². The Bertz CT molecular complexity index is 1020. The van der Waals surface area contributed by atoms with Crippen LogP contribution >= 0.6 is 0 Å². The molecule has 9 heteroatoms. The first kappa shape index (κ1) is 19.8. The molecule has 0 unspecified atom stereocenters. The number of hydrogen-bond acceptors (Lipinski definition) is 5. The predicted molar refractivity (Wildman–Crippen MR) is 104 cm³/mol. The molecular weight excluding hydrogens is 382 g/mol. The highest BCUT2D eigenvalue weighted by Crippen LogP contribution is 2.28. The van der Waals surface area contributed by atoms with Crippen molar-refractivity contribution in [2.45, 2.75) is 23.8 Å². The molecule has 0 aromatic heterocycles. The highest BCUT2D eigenvalue weighted by Gasteiger charge is 2.30. The molecule has 1 saturated carbocycles. The third-order valence-electron chi connectivity index (χ3n) is 4.22. The van der Waals surface area contributed by atoms with Crippen molar-refractivity contribution in [3.8, 4) is 5.75 Å². The molecule has 0 atom stereocenters. The molecule has 148 valence electrons. The van der Waals surface area contributed by atoms with Crippen molar-refractivity contribution < 1.29 is 22.7 Å². The molecular formula is C19H21N3O5S. The van der Waals surface area contributed by atoms with Gasteiger partial charge in [0.05, 0.1) is 7.11 Å². The third kappa shape index (κ3) is 4.49. The number of anilines is 1. The first-order chi connectivity index (χ1) is 13.3. The van der Waals surface area contributed by atoms with Gasteiger partial charge in [-0.2, -0.15) is 0 Å². The van der Waals surface area contributed by atoms with E-state index < -0.39 is 15.9 Å². The fourth-order valence-electron chi connectivity index (χ4n) is 2.60. The number of sulfonamides is 1. The van der Waals surface area contributed by atoms with Crippen LogP contribution in [0.1, 0.15) is 33.6 Å². The molecule has 0 saturated heterocycles. The number of methoxy groups -OCH3 is 1. The van der Waals surface area contributed by atoms with Crippen molar-refractivity contribution in [2.24, 2.45) is 0 Å². The fourth-order valence-corrected chi connectivity index (χ4v) is 4.10. The van der Waals surface area contributed by atoms with Crippen LogP contribution in [0.25, 0.3) is 0 Å². The summed E-state index contributed by atoms with van der Waals surface area (Å²) in [5.41, 5.74) is 0.969. The average Bonchev–Trinajstić information content (AvgIpc) is 3.50. The van der Waals surface area contributed by atoms with E-state index in [1.807, 2.05) is 0 Å². The fraction of sp³-hybridized carbons (Fsp3) is 0.263. The van der Waals surface area contributed by atoms with Gasteiger partial charge in [0.15, 0.2) is 0 Å². The molecule has 2 aromatic rings. The van der Waals surface area contributed by atoms with Gasteiger partial charge in [0.2, 0.25) is 10.0 Å². The van der Waals surface area contributed by atoms with Gasteiger partial charge in [0, 0.05) is 29.9 Å². The second-order valence-electron chi connectivity index (χ2n) is 6.38. The molecule has 1 aliphatic rings. The molecule has 8 nitrogen and oxygen atoms in total. The van der Waals surface area contributed by atoms with Gasteiger partial charge in [-0.15, -0.1) is 0 Å². The standard InChI is InChI=1S/C19H21N3O5S/c1-20-18(23)12-4-3-5-15(10-12)21-19(24)13-6-9-16(27-2)17(11-13)28(25,26)22-14-7-8-14/h3-6,9-11,14,22H,7-8H2,1-2H3,(H,20,23)(H,21,24). The molecule has 3 rings (SSSR count). The third-order valence-corrected chi connectivity index (χ3v) is 5.77. The monoisotopic (exact) mass is 403 g/mol. The van der Waals surface area contributed by atoms with Gasteiger partial charge in [0.25, 0.3) is 11.8 Å². The summed E-state index contributed by atoms with van der Waals surface area (Å²) in [5, 5.41) is 5.18. The minimum absolute atomic E-state index is 0.0698. The van der Waals surface area contributed by atoms with E-state index in [0.717, 1.165) is 12.8 Å². The Morgan fingerprint density at radius 3 is 2.39 bits per heavy atom. The predicted octanol–water partition coefficient (Wildman–Crippen LogP) is 1.75. The summed E-state index contributed by atoms with van der Waals surface area (Å²) in [7, 11) is -0.911. The Hall–Kier alpha value is -2.91. The SMILES string of the molecule is CNC(=O)c1cccc(NC(=O)c2ccc(OC)c(S(=O)(=O)NC3CC3)c2)c1. The zero-order valence-electron chi connectivity index (χ0n) is 15.5. The topological polar surface area (TPSA) is 114 Å². The molecule has 28 heavy (non-hydrogen) atoms. The summed E-state index contributed by atoms with van der Waals surface area (Å²) in [4.78, 5) is 24.2. The molecule has 0 aliphatic heterocycles. The maximum absolute atomic E-state index is 12.6. The van der Waals surface area contributed by atoms with E-state index >= 15 is 0 Å². The average molecular weight is 403 g/mol. The van der Waals surface area contributed by atoms with Gasteiger partial charge in [-0.3, -0.25) is 9.59 Å². The molecule has 0 heterocycles. The molecule has 0 radical (unpaired) electrons. The summed E-state index contributed by atoms with van der Waals surface area (Å²) >= 11 is 0. The van der Waals surface area contributed by atoms with E-state index in [-0.39, 0.29) is 28.2 Å². The van der Waals surface area contributed by atoms with Gasteiger partial charge in [-0.05, 0) is 49.2 Å². The van der Waals surface area contributed by atoms with E-state index in [9.17, 15) is 18.0 Å². The minimum Gasteiger partial charge on any atom is -0.495 e. The lowest BCUT2D eigenvalue weighted by Gasteiger charge is -2.12. The number of benzene rings is 2. The van der Waals surface area contributed by atoms with Gasteiger partial charge in [-0.25, -0.2) is 13.1 Å². The Morgan fingerprint density at radius 2 is 1.75 bits per heavy atom. The number of carbonyl (C=O) groups is 2. The van der Waals surface area contributed by atoms with Crippen LogP contribution in [0.2, 0.25) is 0 Å². The first-order valence-electron chi connectivity index (χ1n) is 8.68. The Balaban J connectivity index is 1.86. The van der Waals surface area contributed by atoms with Crippen LogP contribution in [0.3, 0.4) is 0 Å². The molecule has 0 bridgehead atoms. The lowest BCUT2D eigenvalue weighted by molar-refractivity contribution is 0.0961. The van der Waals surface area contributed by atoms with Crippen LogP contribution in [0, 0.1) is 0 Å². The Labute approximate surface area is 163 Å². The minimum atomic E-state index is -3.80. The number of ether oxygens (including phenoxy) is 1. The second kappa shape index (κ2) is 7.99. The maximum atomic E-state index is 12.6. The highest BCUT2D eigenvalue weighted by molar-refractivity contribution is 7.89. The van der Waals surface area contributed by atoms with Crippen LogP contribution < -0.4 is 20.1 Å². The summed E-state index contributed by atoms with van der Waals surface area (Å²) in [6.07, 6.45) is 1.59. The molecule has 1 aliphatic carbocycles. The number of nitrogens with one attached hydrogen (secondary N) is 3. The smallest absolute Gasteiger partial charge is 0.255 e. The zero-order valence-corrected chi connectivity index (χ0v) is 16.3. The first-order valence-corrected chi connectivity index (χ1v) is 10.2. The molecule has 2 amide bonds. The molecule has 3 N–H and O–H groups in total. The van der Waals surface area contributed by atoms with E-state index in [1.165, 1.54) is 38.4 Å². The lowest BCUT2D eigenvalue weighted by Crippen LogP contribution is -2.26. The normalized spacial score (nSPS) is 13.6. The van der Waals surface area contributed by atoms with Crippen LogP contribution in [0.4, 0.5) is 5.69 Å². The quantitative estimate of drug-likeness (QED) is 0.652. The van der Waals surface area contributed by atoms with Crippen LogP contribution in [0.5, 0.6) is 5.75 Å². The van der Waals surface area contributed by atoms with E-state index in [0.29, 0.717) is 11.3 Å². The summed E-state index contributed by atoms with van der Waals surface area (Å²) in [6.45, 7) is 0. The van der Waals surface area contributed by atoms with Gasteiger partial charge >= 0.3 is 0 Å². The van der Waals surface area contributed by atoms with Gasteiger partial charge < -0.3 is 15.4 Å². The maximum Gasteiger partial charge on any atom is 0.255 e. The van der Waals surface area contributed by atoms with Crippen molar-refractivity contribution in [3.63, 3.8) is 0 Å². The molecule has 1 fully saturated rings. The largest absolute Gasteiger partial charge is 0.495 e. The number of carbonyl (C=O) groups excluding carboxylic acids is 2. The summed E-state index contributed by atoms with van der Waals surface area (Å²) < 4.78 is 32.9. The number of amides is 2. The van der Waals surface area contributed by atoms with Crippen LogP contribution in [0.15, 0.2) is 47.4 Å². The van der Waals surface area contributed by atoms with Crippen LogP contribution in [-0.2, 0) is 10.0 Å². The van der Waals surface area contributed by atoms with Crippen molar-refractivity contribution in [3.05, 3.63) is 53.6 Å². The number of hydrogen-bond donors (Lipinski definition) is 3. The summed E-state index contributed by atoms with van der Waals surface area (Å²) in [6, 6.07) is 10.6. The van der Waals surface area contributed by atoms with Crippen LogP contribution in [-0.4, -0.2) is 40.4 Å². The molecule has 2 aromatic carbocycles. The lowest BCUT2D eigenvalue weighted by atomic mass is 10.1. The van der Waals surface area contributed by atoms with Gasteiger partial charge in [-0.1, -0.05) is 6.07 Å². The van der Waals surface area contributed by atoms with Crippen molar-refractivity contribution in [1.82, 2.24) is 10.0 Å². The Kier molecular flexibility index (Phi) is 5.66. The highest BCUT2D eigenvalue weighted by atomic mass is 32.2.